The Labute approximate surface area is 166 Å². The lowest BCUT2D eigenvalue weighted by Crippen LogP contribution is -2.45. The average Bonchev–Trinajstić information content (AvgIpc) is 3.35. The molecule has 1 amide bonds. The number of hydrogen-bond donors (Lipinski definition) is 2. The number of aromatic nitrogens is 1. The minimum atomic E-state index is 0.259. The number of hydrogen-bond acceptors (Lipinski definition) is 4. The molecule has 0 aromatic carbocycles. The fourth-order valence-electron chi connectivity index (χ4n) is 3.92. The van der Waals surface area contributed by atoms with Gasteiger partial charge in [0.1, 0.15) is 0 Å². The Hall–Kier alpha value is -1.63. The zero-order valence-electron chi connectivity index (χ0n) is 16.8. The average molecular weight is 392 g/mol. The molecule has 150 valence electrons. The SMILES string of the molecule is CN=C(NCc1csc(C(C)C)n1)NC1CCN(C(=O)C2CCCCC2)C1. The molecule has 1 aliphatic heterocycles. The van der Waals surface area contributed by atoms with Crippen LogP contribution in [-0.4, -0.2) is 47.9 Å². The number of aliphatic imine (C=N–C) groups is 1. The van der Waals surface area contributed by atoms with E-state index in [9.17, 15) is 4.79 Å². The van der Waals surface area contributed by atoms with Crippen LogP contribution in [0.3, 0.4) is 0 Å². The van der Waals surface area contributed by atoms with Crippen LogP contribution < -0.4 is 10.6 Å². The van der Waals surface area contributed by atoms with Crippen molar-refractivity contribution in [2.75, 3.05) is 20.1 Å². The van der Waals surface area contributed by atoms with Gasteiger partial charge in [-0.1, -0.05) is 33.1 Å². The maximum atomic E-state index is 12.7. The number of nitrogens with zero attached hydrogens (tertiary/aromatic N) is 3. The zero-order valence-corrected chi connectivity index (χ0v) is 17.6. The Morgan fingerprint density at radius 1 is 1.33 bits per heavy atom. The number of amides is 1. The van der Waals surface area contributed by atoms with Crippen LogP contribution in [0.15, 0.2) is 10.4 Å². The van der Waals surface area contributed by atoms with Gasteiger partial charge in [-0.2, -0.15) is 0 Å². The van der Waals surface area contributed by atoms with E-state index in [4.69, 9.17) is 0 Å². The van der Waals surface area contributed by atoms with E-state index in [0.717, 1.165) is 44.0 Å². The number of carbonyl (C=O) groups is 1. The van der Waals surface area contributed by atoms with Crippen molar-refractivity contribution in [2.45, 2.75) is 70.9 Å². The predicted molar refractivity (Wildman–Crippen MR) is 111 cm³/mol. The van der Waals surface area contributed by atoms with Crippen LogP contribution in [-0.2, 0) is 11.3 Å². The van der Waals surface area contributed by atoms with Crippen molar-refractivity contribution in [3.8, 4) is 0 Å². The fourth-order valence-corrected chi connectivity index (χ4v) is 4.75. The topological polar surface area (TPSA) is 69.6 Å². The largest absolute Gasteiger partial charge is 0.352 e. The van der Waals surface area contributed by atoms with E-state index in [0.29, 0.717) is 18.4 Å². The molecule has 2 heterocycles. The molecule has 0 spiro atoms. The molecular weight excluding hydrogens is 358 g/mol. The minimum absolute atomic E-state index is 0.259. The summed E-state index contributed by atoms with van der Waals surface area (Å²) in [5, 5.41) is 10.1. The van der Waals surface area contributed by atoms with Crippen molar-refractivity contribution in [1.82, 2.24) is 20.5 Å². The van der Waals surface area contributed by atoms with E-state index in [1.807, 2.05) is 0 Å². The molecule has 0 radical (unpaired) electrons. The number of likely N-dealkylation sites (tertiary alicyclic amines) is 1. The lowest BCUT2D eigenvalue weighted by atomic mass is 9.88. The van der Waals surface area contributed by atoms with Crippen molar-refractivity contribution in [2.24, 2.45) is 10.9 Å². The molecule has 2 N–H and O–H groups in total. The van der Waals surface area contributed by atoms with Gasteiger partial charge in [-0.15, -0.1) is 11.3 Å². The van der Waals surface area contributed by atoms with Crippen LogP contribution >= 0.6 is 11.3 Å². The highest BCUT2D eigenvalue weighted by molar-refractivity contribution is 7.09. The monoisotopic (exact) mass is 391 g/mol. The summed E-state index contributed by atoms with van der Waals surface area (Å²) in [5.41, 5.74) is 1.05. The molecule has 27 heavy (non-hydrogen) atoms. The first-order valence-corrected chi connectivity index (χ1v) is 11.1. The summed E-state index contributed by atoms with van der Waals surface area (Å²) in [6.07, 6.45) is 6.82. The highest BCUT2D eigenvalue weighted by atomic mass is 32.1. The summed E-state index contributed by atoms with van der Waals surface area (Å²) in [4.78, 5) is 23.8. The second-order valence-electron chi connectivity index (χ2n) is 8.01. The van der Waals surface area contributed by atoms with Gasteiger partial charge < -0.3 is 15.5 Å². The molecular formula is C20H33N5OS. The first kappa shape index (κ1) is 20.1. The van der Waals surface area contributed by atoms with Gasteiger partial charge in [0.2, 0.25) is 5.91 Å². The summed E-state index contributed by atoms with van der Waals surface area (Å²) in [7, 11) is 1.79. The van der Waals surface area contributed by atoms with E-state index in [2.05, 4.69) is 44.7 Å². The van der Waals surface area contributed by atoms with Gasteiger partial charge >= 0.3 is 0 Å². The molecule has 7 heteroatoms. The molecule has 1 unspecified atom stereocenters. The van der Waals surface area contributed by atoms with Crippen LogP contribution in [0.1, 0.15) is 69.0 Å². The van der Waals surface area contributed by atoms with Gasteiger partial charge in [-0.3, -0.25) is 9.79 Å². The highest BCUT2D eigenvalue weighted by Gasteiger charge is 2.31. The third-order valence-corrected chi connectivity index (χ3v) is 6.71. The minimum Gasteiger partial charge on any atom is -0.352 e. The third kappa shape index (κ3) is 5.43. The summed E-state index contributed by atoms with van der Waals surface area (Å²) < 4.78 is 0. The van der Waals surface area contributed by atoms with Crippen LogP contribution in [0.4, 0.5) is 0 Å². The van der Waals surface area contributed by atoms with E-state index in [1.165, 1.54) is 24.3 Å². The first-order chi connectivity index (χ1) is 13.1. The molecule has 6 nitrogen and oxygen atoms in total. The van der Waals surface area contributed by atoms with Crippen molar-refractivity contribution in [1.29, 1.82) is 0 Å². The van der Waals surface area contributed by atoms with Gasteiger partial charge in [0.25, 0.3) is 0 Å². The van der Waals surface area contributed by atoms with Crippen molar-refractivity contribution >= 4 is 23.2 Å². The van der Waals surface area contributed by atoms with Crippen LogP contribution in [0.2, 0.25) is 0 Å². The highest BCUT2D eigenvalue weighted by Crippen LogP contribution is 2.26. The molecule has 2 aliphatic rings. The lowest BCUT2D eigenvalue weighted by Gasteiger charge is -2.26. The molecule has 1 aliphatic carbocycles. The summed E-state index contributed by atoms with van der Waals surface area (Å²) in [6.45, 7) is 6.63. The Morgan fingerprint density at radius 2 is 2.11 bits per heavy atom. The summed E-state index contributed by atoms with van der Waals surface area (Å²) in [5.74, 6) is 1.87. The van der Waals surface area contributed by atoms with E-state index in [1.54, 1.807) is 18.4 Å². The molecule has 1 saturated heterocycles. The fraction of sp³-hybridized carbons (Fsp3) is 0.750. The van der Waals surface area contributed by atoms with E-state index >= 15 is 0 Å². The Morgan fingerprint density at radius 3 is 2.78 bits per heavy atom. The standard InChI is InChI=1S/C20H33N5OS/c1-14(2)18-23-17(13-27-18)11-22-20(21-3)24-16-9-10-25(12-16)19(26)15-7-5-4-6-8-15/h13-16H,4-12H2,1-3H3,(H2,21,22,24). The van der Waals surface area contributed by atoms with Gasteiger partial charge in [-0.25, -0.2) is 4.98 Å². The van der Waals surface area contributed by atoms with Gasteiger partial charge in [0, 0.05) is 43.4 Å². The quantitative estimate of drug-likeness (QED) is 0.598. The Bertz CT molecular complexity index is 651. The smallest absolute Gasteiger partial charge is 0.225 e. The number of guanidine groups is 1. The van der Waals surface area contributed by atoms with E-state index in [-0.39, 0.29) is 12.0 Å². The van der Waals surface area contributed by atoms with Gasteiger partial charge in [-0.05, 0) is 19.3 Å². The maximum absolute atomic E-state index is 12.7. The Kier molecular flexibility index (Phi) is 7.10. The number of thiazole rings is 1. The number of rotatable bonds is 5. The molecule has 1 atom stereocenters. The lowest BCUT2D eigenvalue weighted by molar-refractivity contribution is -0.135. The Balaban J connectivity index is 1.45. The normalized spacial score (nSPS) is 21.7. The van der Waals surface area contributed by atoms with Crippen LogP contribution in [0, 0.1) is 5.92 Å². The zero-order chi connectivity index (χ0) is 19.2. The van der Waals surface area contributed by atoms with Crippen molar-refractivity contribution in [3.63, 3.8) is 0 Å². The summed E-state index contributed by atoms with van der Waals surface area (Å²) >= 11 is 1.71. The predicted octanol–water partition coefficient (Wildman–Crippen LogP) is 3.11. The molecule has 1 aromatic heterocycles. The van der Waals surface area contributed by atoms with Crippen LogP contribution in [0.25, 0.3) is 0 Å². The molecule has 1 aromatic rings. The van der Waals surface area contributed by atoms with Gasteiger partial charge in [0.15, 0.2) is 5.96 Å². The third-order valence-electron chi connectivity index (χ3n) is 5.52. The number of carbonyl (C=O) groups excluding carboxylic acids is 1. The van der Waals surface area contributed by atoms with Crippen molar-refractivity contribution in [3.05, 3.63) is 16.1 Å². The van der Waals surface area contributed by atoms with Crippen molar-refractivity contribution < 1.29 is 4.79 Å². The summed E-state index contributed by atoms with van der Waals surface area (Å²) in [6, 6.07) is 0.269. The second kappa shape index (κ2) is 9.53. The van der Waals surface area contributed by atoms with Crippen LogP contribution in [0.5, 0.6) is 0 Å². The second-order valence-corrected chi connectivity index (χ2v) is 8.90. The first-order valence-electron chi connectivity index (χ1n) is 10.3. The maximum Gasteiger partial charge on any atom is 0.225 e. The molecule has 3 rings (SSSR count). The van der Waals surface area contributed by atoms with E-state index < -0.39 is 0 Å². The number of nitrogens with one attached hydrogen (secondary N) is 2. The molecule has 2 fully saturated rings. The molecule has 1 saturated carbocycles. The van der Waals surface area contributed by atoms with Gasteiger partial charge in [0.05, 0.1) is 17.2 Å². The molecule has 0 bridgehead atoms.